The van der Waals surface area contributed by atoms with Crippen molar-refractivity contribution >= 4 is 28.3 Å². The van der Waals surface area contributed by atoms with E-state index in [1.54, 1.807) is 24.3 Å². The lowest BCUT2D eigenvalue weighted by molar-refractivity contribution is -0.131. The Bertz CT molecular complexity index is 1430. The molecule has 0 aliphatic carbocycles. The zero-order valence-electron chi connectivity index (χ0n) is 19.2. The first-order valence-corrected chi connectivity index (χ1v) is 11.8. The molecule has 4 atom stereocenters. The smallest absolute Gasteiger partial charge is 0.240 e. The van der Waals surface area contributed by atoms with Gasteiger partial charge in [0.1, 0.15) is 11.6 Å². The molecule has 6 rings (SSSR count). The molecule has 4 unspecified atom stereocenters. The number of hydrogen-bond donors (Lipinski definition) is 0. The average Bonchev–Trinajstić information content (AvgIpc) is 3.43. The minimum absolute atomic E-state index is 0.240. The quantitative estimate of drug-likeness (QED) is 0.503. The summed E-state index contributed by atoms with van der Waals surface area (Å²) in [5, 5.41) is 10.9. The second-order valence-electron chi connectivity index (χ2n) is 9.79. The highest BCUT2D eigenvalue weighted by Gasteiger charge is 2.73. The second kappa shape index (κ2) is 7.62. The van der Waals surface area contributed by atoms with Crippen molar-refractivity contribution in [2.75, 3.05) is 11.5 Å². The van der Waals surface area contributed by atoms with Crippen LogP contribution in [0.2, 0.25) is 0 Å². The Morgan fingerprint density at radius 3 is 2.60 bits per heavy atom. The van der Waals surface area contributed by atoms with Crippen LogP contribution in [-0.4, -0.2) is 29.6 Å². The van der Waals surface area contributed by atoms with Crippen LogP contribution in [0.5, 0.6) is 5.75 Å². The van der Waals surface area contributed by atoms with E-state index in [2.05, 4.69) is 6.07 Å². The molecule has 7 heteroatoms. The number of nitriles is 1. The molecule has 3 fully saturated rings. The number of fused-ring (bicyclic) bond motifs is 6. The number of anilines is 1. The summed E-state index contributed by atoms with van der Waals surface area (Å²) in [5.41, 5.74) is -0.549. The van der Waals surface area contributed by atoms with Gasteiger partial charge in [0.2, 0.25) is 11.8 Å². The number of benzene rings is 3. The molecule has 6 nitrogen and oxygen atoms in total. The average molecular weight is 471 g/mol. The van der Waals surface area contributed by atoms with Crippen LogP contribution in [-0.2, 0) is 14.3 Å². The van der Waals surface area contributed by atoms with Crippen LogP contribution in [0.1, 0.15) is 31.7 Å². The first-order valence-electron chi connectivity index (χ1n) is 11.8. The van der Waals surface area contributed by atoms with E-state index in [0.717, 1.165) is 0 Å². The van der Waals surface area contributed by atoms with E-state index in [1.165, 1.54) is 17.0 Å². The predicted molar refractivity (Wildman–Crippen MR) is 126 cm³/mol. The van der Waals surface area contributed by atoms with Gasteiger partial charge in [-0.1, -0.05) is 30.3 Å². The van der Waals surface area contributed by atoms with Crippen molar-refractivity contribution in [1.29, 1.82) is 5.26 Å². The van der Waals surface area contributed by atoms with Crippen LogP contribution in [0, 0.1) is 29.0 Å². The Hall–Kier alpha value is -3.76. The zero-order chi connectivity index (χ0) is 24.4. The molecular formula is C28H23FN2O4. The van der Waals surface area contributed by atoms with Gasteiger partial charge >= 0.3 is 0 Å². The molecule has 176 valence electrons. The van der Waals surface area contributed by atoms with E-state index in [9.17, 15) is 19.2 Å². The molecule has 0 aromatic heterocycles. The van der Waals surface area contributed by atoms with E-state index >= 15 is 0 Å². The molecular weight excluding hydrogens is 447 g/mol. The summed E-state index contributed by atoms with van der Waals surface area (Å²) in [6.45, 7) is 2.16. The molecule has 0 saturated carbocycles. The summed E-state index contributed by atoms with van der Waals surface area (Å²) < 4.78 is 25.7. The lowest BCUT2D eigenvalue weighted by atomic mass is 9.67. The van der Waals surface area contributed by atoms with Crippen molar-refractivity contribution in [1.82, 2.24) is 0 Å². The normalized spacial score (nSPS) is 29.0. The Kier molecular flexibility index (Phi) is 4.74. The number of carbonyl (C=O) groups excluding carboxylic acids is 2. The van der Waals surface area contributed by atoms with Gasteiger partial charge in [-0.15, -0.1) is 0 Å². The monoisotopic (exact) mass is 470 g/mol. The molecule has 3 aliphatic heterocycles. The molecule has 3 aliphatic rings. The van der Waals surface area contributed by atoms with Crippen LogP contribution >= 0.6 is 0 Å². The summed E-state index contributed by atoms with van der Waals surface area (Å²) in [6.07, 6.45) is 1.74. The fraction of sp³-hybridized carbons (Fsp3) is 0.321. The lowest BCUT2D eigenvalue weighted by Crippen LogP contribution is -2.43. The van der Waals surface area contributed by atoms with Crippen LogP contribution < -0.4 is 9.64 Å². The van der Waals surface area contributed by atoms with Gasteiger partial charge in [0, 0.05) is 23.3 Å². The van der Waals surface area contributed by atoms with Crippen molar-refractivity contribution in [2.45, 2.75) is 37.4 Å². The lowest BCUT2D eigenvalue weighted by Gasteiger charge is -2.31. The minimum atomic E-state index is -0.809. The molecule has 35 heavy (non-hydrogen) atoms. The topological polar surface area (TPSA) is 79.6 Å². The molecule has 3 heterocycles. The maximum absolute atomic E-state index is 13.9. The minimum Gasteiger partial charge on any atom is -0.493 e. The van der Waals surface area contributed by atoms with Crippen LogP contribution in [0.25, 0.3) is 10.8 Å². The first kappa shape index (κ1) is 21.8. The molecule has 0 radical (unpaired) electrons. The fourth-order valence-electron chi connectivity index (χ4n) is 6.32. The first-order chi connectivity index (χ1) is 16.9. The Morgan fingerprint density at radius 2 is 1.83 bits per heavy atom. The fourth-order valence-corrected chi connectivity index (χ4v) is 6.32. The molecule has 2 amide bonds. The van der Waals surface area contributed by atoms with Gasteiger partial charge in [0.25, 0.3) is 0 Å². The largest absolute Gasteiger partial charge is 0.493 e. The maximum Gasteiger partial charge on any atom is 0.240 e. The highest BCUT2D eigenvalue weighted by molar-refractivity contribution is 6.26. The summed E-state index contributed by atoms with van der Waals surface area (Å²) in [6, 6.07) is 18.8. The third-order valence-electron chi connectivity index (χ3n) is 7.86. The van der Waals surface area contributed by atoms with Crippen LogP contribution in [0.15, 0.2) is 60.7 Å². The summed E-state index contributed by atoms with van der Waals surface area (Å²) >= 11 is 0. The molecule has 3 saturated heterocycles. The highest BCUT2D eigenvalue weighted by atomic mass is 19.1. The third kappa shape index (κ3) is 3.10. The van der Waals surface area contributed by atoms with Crippen molar-refractivity contribution < 1.29 is 23.5 Å². The highest BCUT2D eigenvalue weighted by Crippen LogP contribution is 2.62. The number of halogens is 1. The van der Waals surface area contributed by atoms with E-state index in [1.807, 2.05) is 31.2 Å². The Balaban J connectivity index is 1.34. The van der Waals surface area contributed by atoms with Gasteiger partial charge in [0.05, 0.1) is 47.0 Å². The van der Waals surface area contributed by atoms with Gasteiger partial charge in [-0.3, -0.25) is 9.59 Å². The van der Waals surface area contributed by atoms with Gasteiger partial charge in [0.15, 0.2) is 0 Å². The van der Waals surface area contributed by atoms with Gasteiger partial charge in [-0.2, -0.15) is 5.26 Å². The number of nitrogens with zero attached hydrogens (tertiary/aromatic N) is 2. The van der Waals surface area contributed by atoms with E-state index in [4.69, 9.17) is 9.47 Å². The molecule has 0 N–H and O–H groups in total. The van der Waals surface area contributed by atoms with Crippen LogP contribution in [0.4, 0.5) is 10.1 Å². The van der Waals surface area contributed by atoms with Gasteiger partial charge < -0.3 is 9.47 Å². The predicted octanol–water partition coefficient (Wildman–Crippen LogP) is 4.75. The van der Waals surface area contributed by atoms with Crippen LogP contribution in [0.3, 0.4) is 0 Å². The number of ether oxygens (including phenoxy) is 2. The van der Waals surface area contributed by atoms with Crippen molar-refractivity contribution in [2.24, 2.45) is 11.8 Å². The van der Waals surface area contributed by atoms with Crippen molar-refractivity contribution in [3.63, 3.8) is 0 Å². The van der Waals surface area contributed by atoms with E-state index < -0.39 is 23.0 Å². The van der Waals surface area contributed by atoms with E-state index in [-0.39, 0.29) is 24.2 Å². The second-order valence-corrected chi connectivity index (χ2v) is 9.79. The van der Waals surface area contributed by atoms with Gasteiger partial charge in [-0.25, -0.2) is 9.29 Å². The third-order valence-corrected chi connectivity index (χ3v) is 7.86. The summed E-state index contributed by atoms with van der Waals surface area (Å²) in [5.74, 6) is -1.69. The zero-order valence-corrected chi connectivity index (χ0v) is 19.2. The molecule has 0 spiro atoms. The standard InChI is InChI=1S/C28H23FN2O4/c1-27-11-12-28(35-27,13-14-34-19-6-4-5-18(29)15-19)24-23(27)25(32)31(26(24)33)22-10-9-17(16-30)20-7-2-3-8-21(20)22/h2-10,15,23-24H,11-14H2,1H3. The SMILES string of the molecule is CC12CCC(CCOc3cccc(F)c3)(O1)C1C(=O)N(c3ccc(C#N)c4ccccc34)C(=O)C12. The Labute approximate surface area is 201 Å². The van der Waals surface area contributed by atoms with Gasteiger partial charge in [-0.05, 0) is 44.0 Å². The summed E-state index contributed by atoms with van der Waals surface area (Å²) in [7, 11) is 0. The molecule has 2 bridgehead atoms. The number of carbonyl (C=O) groups is 2. The number of rotatable bonds is 5. The van der Waals surface area contributed by atoms with Crippen molar-refractivity contribution in [3.8, 4) is 11.8 Å². The maximum atomic E-state index is 13.9. The molecule has 3 aromatic rings. The molecule has 3 aromatic carbocycles. The number of amides is 2. The number of hydrogen-bond acceptors (Lipinski definition) is 5. The Morgan fingerprint density at radius 1 is 1.06 bits per heavy atom. The van der Waals surface area contributed by atoms with Crippen molar-refractivity contribution in [3.05, 3.63) is 72.0 Å². The summed E-state index contributed by atoms with van der Waals surface area (Å²) in [4.78, 5) is 28.9. The van der Waals surface area contributed by atoms with E-state index in [0.29, 0.717) is 47.0 Å². The number of imide groups is 1.